The smallest absolute Gasteiger partial charge is 0.119 e. The number of ether oxygens (including phenoxy) is 2. The first-order chi connectivity index (χ1) is 9.22. The van der Waals surface area contributed by atoms with Crippen molar-refractivity contribution in [3.05, 3.63) is 29.8 Å². The standard InChI is InChI=1S/C14H22N2O3/c1-18-12-4-2-3-11(7-12)14(17)10-16-5-6-19-13(8-15)9-16/h2-4,7,13-14,17H,5-6,8-10,15H2,1H3. The molecular formula is C14H22N2O3. The molecule has 2 atom stereocenters. The number of β-amino-alcohol motifs (C(OH)–C–C–N with tert-alkyl or cyclic N) is 1. The number of hydrogen-bond acceptors (Lipinski definition) is 5. The lowest BCUT2D eigenvalue weighted by Gasteiger charge is -2.33. The van der Waals surface area contributed by atoms with Crippen LogP contribution in [0.5, 0.6) is 5.75 Å². The largest absolute Gasteiger partial charge is 0.497 e. The predicted molar refractivity (Wildman–Crippen MR) is 73.2 cm³/mol. The molecule has 1 saturated heterocycles. The molecule has 2 rings (SSSR count). The summed E-state index contributed by atoms with van der Waals surface area (Å²) in [7, 11) is 1.62. The fourth-order valence-electron chi connectivity index (χ4n) is 2.29. The third-order valence-electron chi connectivity index (χ3n) is 3.40. The maximum absolute atomic E-state index is 10.3. The average molecular weight is 266 g/mol. The first kappa shape index (κ1) is 14.3. The summed E-state index contributed by atoms with van der Waals surface area (Å²) in [6.45, 7) is 3.39. The first-order valence-electron chi connectivity index (χ1n) is 6.59. The van der Waals surface area contributed by atoms with Crippen molar-refractivity contribution in [3.63, 3.8) is 0 Å². The van der Waals surface area contributed by atoms with Crippen LogP contribution in [0.3, 0.4) is 0 Å². The Morgan fingerprint density at radius 2 is 2.42 bits per heavy atom. The molecule has 1 aliphatic rings. The second-order valence-electron chi connectivity index (χ2n) is 4.78. The predicted octanol–water partition coefficient (Wildman–Crippen LogP) is 0.388. The molecule has 1 aliphatic heterocycles. The lowest BCUT2D eigenvalue weighted by atomic mass is 10.1. The molecule has 1 fully saturated rings. The van der Waals surface area contributed by atoms with Crippen molar-refractivity contribution in [3.8, 4) is 5.75 Å². The van der Waals surface area contributed by atoms with Crippen LogP contribution in [0, 0.1) is 0 Å². The lowest BCUT2D eigenvalue weighted by molar-refractivity contribution is -0.0361. The molecule has 0 bridgehead atoms. The van der Waals surface area contributed by atoms with Crippen LogP contribution >= 0.6 is 0 Å². The van der Waals surface area contributed by atoms with Crippen molar-refractivity contribution in [2.45, 2.75) is 12.2 Å². The van der Waals surface area contributed by atoms with Crippen molar-refractivity contribution in [1.82, 2.24) is 4.90 Å². The van der Waals surface area contributed by atoms with Gasteiger partial charge in [-0.2, -0.15) is 0 Å². The number of aliphatic hydroxyl groups is 1. The van der Waals surface area contributed by atoms with Crippen molar-refractivity contribution in [2.24, 2.45) is 5.73 Å². The maximum atomic E-state index is 10.3. The van der Waals surface area contributed by atoms with Gasteiger partial charge in [0, 0.05) is 26.2 Å². The highest BCUT2D eigenvalue weighted by Crippen LogP contribution is 2.20. The monoisotopic (exact) mass is 266 g/mol. The maximum Gasteiger partial charge on any atom is 0.119 e. The van der Waals surface area contributed by atoms with Crippen LogP contribution in [0.1, 0.15) is 11.7 Å². The second kappa shape index (κ2) is 6.86. The molecule has 1 heterocycles. The van der Waals surface area contributed by atoms with E-state index in [0.717, 1.165) is 24.4 Å². The molecule has 2 unspecified atom stereocenters. The zero-order chi connectivity index (χ0) is 13.7. The van der Waals surface area contributed by atoms with Crippen molar-refractivity contribution >= 4 is 0 Å². The highest BCUT2D eigenvalue weighted by Gasteiger charge is 2.21. The summed E-state index contributed by atoms with van der Waals surface area (Å²) in [4.78, 5) is 2.19. The molecule has 0 saturated carbocycles. The van der Waals surface area contributed by atoms with E-state index in [0.29, 0.717) is 19.7 Å². The topological polar surface area (TPSA) is 68.0 Å². The average Bonchev–Trinajstić information content (AvgIpc) is 2.47. The Morgan fingerprint density at radius 3 is 3.16 bits per heavy atom. The third kappa shape index (κ3) is 3.91. The second-order valence-corrected chi connectivity index (χ2v) is 4.78. The minimum absolute atomic E-state index is 0.0752. The van der Waals surface area contributed by atoms with Crippen LogP contribution in [-0.2, 0) is 4.74 Å². The van der Waals surface area contributed by atoms with Crippen LogP contribution in [0.15, 0.2) is 24.3 Å². The van der Waals surface area contributed by atoms with Crippen molar-refractivity contribution in [2.75, 3.05) is 39.9 Å². The molecule has 19 heavy (non-hydrogen) atoms. The van der Waals surface area contributed by atoms with Gasteiger partial charge in [-0.25, -0.2) is 0 Å². The van der Waals surface area contributed by atoms with E-state index in [-0.39, 0.29) is 6.10 Å². The lowest BCUT2D eigenvalue weighted by Crippen LogP contribution is -2.46. The summed E-state index contributed by atoms with van der Waals surface area (Å²) in [5.41, 5.74) is 6.49. The summed E-state index contributed by atoms with van der Waals surface area (Å²) < 4.78 is 10.7. The fourth-order valence-corrected chi connectivity index (χ4v) is 2.29. The molecule has 0 aliphatic carbocycles. The SMILES string of the molecule is COc1cccc(C(O)CN2CCOC(CN)C2)c1. The number of aliphatic hydroxyl groups excluding tert-OH is 1. The number of nitrogens with two attached hydrogens (primary N) is 1. The van der Waals surface area contributed by atoms with E-state index in [1.165, 1.54) is 0 Å². The summed E-state index contributed by atoms with van der Waals surface area (Å²) in [5, 5.41) is 10.3. The molecule has 0 radical (unpaired) electrons. The molecule has 0 aromatic heterocycles. The number of nitrogens with zero attached hydrogens (tertiary/aromatic N) is 1. The van der Waals surface area contributed by atoms with Crippen molar-refractivity contribution in [1.29, 1.82) is 0 Å². The number of hydrogen-bond donors (Lipinski definition) is 2. The minimum atomic E-state index is -0.522. The highest BCUT2D eigenvalue weighted by atomic mass is 16.5. The number of benzene rings is 1. The third-order valence-corrected chi connectivity index (χ3v) is 3.40. The van der Waals surface area contributed by atoms with E-state index in [1.807, 2.05) is 24.3 Å². The molecular weight excluding hydrogens is 244 g/mol. The Kier molecular flexibility index (Phi) is 5.15. The van der Waals surface area contributed by atoms with Gasteiger partial charge in [0.25, 0.3) is 0 Å². The molecule has 106 valence electrons. The van der Waals surface area contributed by atoms with E-state index in [2.05, 4.69) is 4.90 Å². The zero-order valence-corrected chi connectivity index (χ0v) is 11.3. The number of morpholine rings is 1. The van der Waals surface area contributed by atoms with E-state index >= 15 is 0 Å². The van der Waals surface area contributed by atoms with Gasteiger partial charge in [-0.05, 0) is 17.7 Å². The van der Waals surface area contributed by atoms with Crippen LogP contribution in [0.25, 0.3) is 0 Å². The van der Waals surface area contributed by atoms with Gasteiger partial charge in [0.2, 0.25) is 0 Å². The first-order valence-corrected chi connectivity index (χ1v) is 6.59. The Morgan fingerprint density at radius 1 is 1.58 bits per heavy atom. The van der Waals surface area contributed by atoms with E-state index < -0.39 is 6.10 Å². The molecule has 5 heteroatoms. The summed E-state index contributed by atoms with van der Waals surface area (Å²) in [5.74, 6) is 0.762. The zero-order valence-electron chi connectivity index (χ0n) is 11.3. The van der Waals surface area contributed by atoms with Gasteiger partial charge in [0.05, 0.1) is 25.9 Å². The molecule has 5 nitrogen and oxygen atoms in total. The van der Waals surface area contributed by atoms with Crippen LogP contribution in [0.4, 0.5) is 0 Å². The molecule has 0 amide bonds. The number of rotatable bonds is 5. The van der Waals surface area contributed by atoms with Crippen molar-refractivity contribution < 1.29 is 14.6 Å². The van der Waals surface area contributed by atoms with Gasteiger partial charge in [0.15, 0.2) is 0 Å². The fraction of sp³-hybridized carbons (Fsp3) is 0.571. The van der Waals surface area contributed by atoms with E-state index in [1.54, 1.807) is 7.11 Å². The van der Waals surface area contributed by atoms with Gasteiger partial charge in [-0.3, -0.25) is 4.90 Å². The summed E-state index contributed by atoms with van der Waals surface area (Å²) in [6, 6.07) is 7.54. The quantitative estimate of drug-likeness (QED) is 0.807. The van der Waals surface area contributed by atoms with E-state index in [9.17, 15) is 5.11 Å². The Bertz CT molecular complexity index is 400. The Hall–Kier alpha value is -1.14. The van der Waals surface area contributed by atoms with Crippen LogP contribution in [-0.4, -0.2) is 56.0 Å². The number of methoxy groups -OCH3 is 1. The summed E-state index contributed by atoms with van der Waals surface area (Å²) in [6.07, 6.45) is -0.446. The Labute approximate surface area is 113 Å². The molecule has 1 aromatic carbocycles. The summed E-state index contributed by atoms with van der Waals surface area (Å²) >= 11 is 0. The van der Waals surface area contributed by atoms with Gasteiger partial charge in [-0.15, -0.1) is 0 Å². The van der Waals surface area contributed by atoms with E-state index in [4.69, 9.17) is 15.2 Å². The minimum Gasteiger partial charge on any atom is -0.497 e. The normalized spacial score (nSPS) is 22.2. The van der Waals surface area contributed by atoms with Gasteiger partial charge >= 0.3 is 0 Å². The van der Waals surface area contributed by atoms with Gasteiger partial charge in [0.1, 0.15) is 5.75 Å². The van der Waals surface area contributed by atoms with Gasteiger partial charge in [-0.1, -0.05) is 12.1 Å². The Balaban J connectivity index is 1.94. The highest BCUT2D eigenvalue weighted by molar-refractivity contribution is 5.29. The van der Waals surface area contributed by atoms with Gasteiger partial charge < -0.3 is 20.3 Å². The molecule has 1 aromatic rings. The molecule has 3 N–H and O–H groups in total. The van der Waals surface area contributed by atoms with Crippen LogP contribution < -0.4 is 10.5 Å². The van der Waals surface area contributed by atoms with Crippen LogP contribution in [0.2, 0.25) is 0 Å². The molecule has 0 spiro atoms.